The van der Waals surface area contributed by atoms with Gasteiger partial charge in [-0.3, -0.25) is 4.99 Å². The van der Waals surface area contributed by atoms with Crippen LogP contribution in [0.4, 0.5) is 5.69 Å². The molecule has 27 heavy (non-hydrogen) atoms. The Bertz CT molecular complexity index is 1020. The number of hydrogen-bond donors (Lipinski definition) is 0. The minimum Gasteiger partial charge on any atom is -0.465 e. The summed E-state index contributed by atoms with van der Waals surface area (Å²) >= 11 is 2.31. The van der Waals surface area contributed by atoms with E-state index in [4.69, 9.17) is 4.74 Å². The molecule has 0 N–H and O–H groups in total. The van der Waals surface area contributed by atoms with Crippen molar-refractivity contribution in [3.63, 3.8) is 0 Å². The van der Waals surface area contributed by atoms with E-state index in [1.165, 1.54) is 10.7 Å². The molecule has 3 rings (SSSR count). The van der Waals surface area contributed by atoms with E-state index in [2.05, 4.69) is 76.3 Å². The summed E-state index contributed by atoms with van der Waals surface area (Å²) in [5.41, 5.74) is 6.81. The molecule has 4 nitrogen and oxygen atoms in total. The molecule has 0 aliphatic carbocycles. The Labute approximate surface area is 173 Å². The highest BCUT2D eigenvalue weighted by molar-refractivity contribution is 14.1. The monoisotopic (exact) mass is 472 g/mol. The van der Waals surface area contributed by atoms with Crippen molar-refractivity contribution in [1.29, 1.82) is 0 Å². The summed E-state index contributed by atoms with van der Waals surface area (Å²) in [4.78, 5) is 16.3. The smallest absolute Gasteiger partial charge is 0.337 e. The fourth-order valence-electron chi connectivity index (χ4n) is 3.09. The molecule has 0 radical (unpaired) electrons. The molecule has 0 unspecified atom stereocenters. The summed E-state index contributed by atoms with van der Waals surface area (Å²) in [7, 11) is 1.38. The lowest BCUT2D eigenvalue weighted by molar-refractivity contribution is 0.0600. The molecule has 1 aromatic heterocycles. The van der Waals surface area contributed by atoms with Gasteiger partial charge in [-0.2, -0.15) is 0 Å². The van der Waals surface area contributed by atoms with Crippen LogP contribution in [0.3, 0.4) is 0 Å². The Hall–Kier alpha value is -2.41. The number of benzene rings is 2. The topological polar surface area (TPSA) is 43.6 Å². The van der Waals surface area contributed by atoms with Gasteiger partial charge in [0.2, 0.25) is 0 Å². The Morgan fingerprint density at radius 1 is 1.07 bits per heavy atom. The van der Waals surface area contributed by atoms with Gasteiger partial charge in [-0.1, -0.05) is 0 Å². The van der Waals surface area contributed by atoms with Gasteiger partial charge >= 0.3 is 5.97 Å². The first-order chi connectivity index (χ1) is 12.9. The van der Waals surface area contributed by atoms with Gasteiger partial charge < -0.3 is 9.30 Å². The van der Waals surface area contributed by atoms with Crippen LogP contribution in [0.2, 0.25) is 0 Å². The zero-order valence-electron chi connectivity index (χ0n) is 15.8. The van der Waals surface area contributed by atoms with Crippen LogP contribution in [0.1, 0.15) is 32.9 Å². The number of aliphatic imine (C=N–C) groups is 1. The number of hydrogen-bond acceptors (Lipinski definition) is 3. The van der Waals surface area contributed by atoms with E-state index in [1.807, 2.05) is 19.2 Å². The molecule has 1 heterocycles. The van der Waals surface area contributed by atoms with Gasteiger partial charge in [0.1, 0.15) is 0 Å². The predicted octanol–water partition coefficient (Wildman–Crippen LogP) is 5.54. The summed E-state index contributed by atoms with van der Waals surface area (Å²) in [6, 6.07) is 16.0. The molecule has 0 amide bonds. The third kappa shape index (κ3) is 4.13. The van der Waals surface area contributed by atoms with Crippen LogP contribution < -0.4 is 0 Å². The van der Waals surface area contributed by atoms with Gasteiger partial charge in [0.05, 0.1) is 18.4 Å². The van der Waals surface area contributed by atoms with Crippen LogP contribution in [-0.2, 0) is 4.74 Å². The number of methoxy groups -OCH3 is 1. The Morgan fingerprint density at radius 2 is 1.78 bits per heavy atom. The van der Waals surface area contributed by atoms with Crippen LogP contribution in [0.15, 0.2) is 53.5 Å². The minimum atomic E-state index is -0.338. The molecule has 0 fully saturated rings. The number of halogens is 1. The molecule has 0 atom stereocenters. The maximum atomic E-state index is 11.6. The Balaban J connectivity index is 1.91. The zero-order valence-corrected chi connectivity index (χ0v) is 17.9. The van der Waals surface area contributed by atoms with Gasteiger partial charge in [-0.15, -0.1) is 0 Å². The standard InChI is InChI=1S/C22H21IN2O2/c1-14-11-17(22(26)27-4)5-10-21(14)24-13-18-12-15(2)25(16(18)3)20-8-6-19(23)7-9-20/h5-13H,1-4H3. The molecule has 0 aliphatic heterocycles. The second-order valence-corrected chi connectivity index (χ2v) is 7.63. The van der Waals surface area contributed by atoms with Crippen molar-refractivity contribution in [1.82, 2.24) is 4.57 Å². The van der Waals surface area contributed by atoms with Crippen LogP contribution >= 0.6 is 22.6 Å². The number of carbonyl (C=O) groups is 1. The van der Waals surface area contributed by atoms with E-state index in [1.54, 1.807) is 12.1 Å². The van der Waals surface area contributed by atoms with Crippen molar-refractivity contribution in [2.45, 2.75) is 20.8 Å². The van der Waals surface area contributed by atoms with Crippen LogP contribution in [0, 0.1) is 24.3 Å². The molecule has 0 spiro atoms. The van der Waals surface area contributed by atoms with Gasteiger partial charge in [-0.05, 0) is 97.5 Å². The quantitative estimate of drug-likeness (QED) is 0.284. The summed E-state index contributed by atoms with van der Waals surface area (Å²) < 4.78 is 8.20. The molecule has 3 aromatic rings. The van der Waals surface area contributed by atoms with Crippen LogP contribution in [0.25, 0.3) is 5.69 Å². The molecule has 138 valence electrons. The van der Waals surface area contributed by atoms with E-state index >= 15 is 0 Å². The molecule has 0 aliphatic rings. The Morgan fingerprint density at radius 3 is 2.41 bits per heavy atom. The summed E-state index contributed by atoms with van der Waals surface area (Å²) in [5, 5.41) is 0. The average molecular weight is 472 g/mol. The highest BCUT2D eigenvalue weighted by atomic mass is 127. The molecule has 0 saturated heterocycles. The average Bonchev–Trinajstić information content (AvgIpc) is 2.94. The number of ether oxygens (including phenoxy) is 1. The summed E-state index contributed by atoms with van der Waals surface area (Å²) in [5.74, 6) is -0.338. The number of aryl methyl sites for hydroxylation is 2. The van der Waals surface area contributed by atoms with Crippen molar-refractivity contribution in [3.05, 3.63) is 80.2 Å². The van der Waals surface area contributed by atoms with Crippen molar-refractivity contribution >= 4 is 40.5 Å². The van der Waals surface area contributed by atoms with Crippen molar-refractivity contribution < 1.29 is 9.53 Å². The lowest BCUT2D eigenvalue weighted by Gasteiger charge is -2.09. The van der Waals surface area contributed by atoms with Crippen molar-refractivity contribution in [3.8, 4) is 5.69 Å². The van der Waals surface area contributed by atoms with E-state index in [-0.39, 0.29) is 5.97 Å². The van der Waals surface area contributed by atoms with Gasteiger partial charge in [0.25, 0.3) is 0 Å². The largest absolute Gasteiger partial charge is 0.465 e. The third-order valence-corrected chi connectivity index (χ3v) is 5.23. The number of esters is 1. The molecular formula is C22H21IN2O2. The first-order valence-corrected chi connectivity index (χ1v) is 9.66. The van der Waals surface area contributed by atoms with Gasteiger partial charge in [0.15, 0.2) is 0 Å². The molecule has 0 saturated carbocycles. The highest BCUT2D eigenvalue weighted by Crippen LogP contribution is 2.23. The third-order valence-electron chi connectivity index (χ3n) is 4.52. The molecular weight excluding hydrogens is 451 g/mol. The van der Waals surface area contributed by atoms with E-state index < -0.39 is 0 Å². The maximum absolute atomic E-state index is 11.6. The molecule has 0 bridgehead atoms. The van der Waals surface area contributed by atoms with Crippen molar-refractivity contribution in [2.24, 2.45) is 4.99 Å². The second-order valence-electron chi connectivity index (χ2n) is 6.39. The van der Waals surface area contributed by atoms with Crippen LogP contribution in [-0.4, -0.2) is 23.9 Å². The van der Waals surface area contributed by atoms with E-state index in [0.29, 0.717) is 5.56 Å². The fourth-order valence-corrected chi connectivity index (χ4v) is 3.45. The number of carbonyl (C=O) groups excluding carboxylic acids is 1. The predicted molar refractivity (Wildman–Crippen MR) is 118 cm³/mol. The fraction of sp³-hybridized carbons (Fsp3) is 0.182. The van der Waals surface area contributed by atoms with Gasteiger partial charge in [-0.25, -0.2) is 4.79 Å². The molecule has 5 heteroatoms. The highest BCUT2D eigenvalue weighted by Gasteiger charge is 2.10. The lowest BCUT2D eigenvalue weighted by atomic mass is 10.1. The first kappa shape index (κ1) is 19.4. The van der Waals surface area contributed by atoms with Crippen LogP contribution in [0.5, 0.6) is 0 Å². The van der Waals surface area contributed by atoms with Gasteiger partial charge in [0, 0.05) is 32.4 Å². The Kier molecular flexibility index (Phi) is 5.79. The summed E-state index contributed by atoms with van der Waals surface area (Å²) in [6.07, 6.45) is 1.88. The molecule has 2 aromatic carbocycles. The number of nitrogens with zero attached hydrogens (tertiary/aromatic N) is 2. The second kappa shape index (κ2) is 8.08. The van der Waals surface area contributed by atoms with E-state index in [0.717, 1.165) is 33.9 Å². The SMILES string of the molecule is COC(=O)c1ccc(N=Cc2cc(C)n(-c3ccc(I)cc3)c2C)c(C)c1. The summed E-state index contributed by atoms with van der Waals surface area (Å²) in [6.45, 7) is 6.13. The van der Waals surface area contributed by atoms with Crippen molar-refractivity contribution in [2.75, 3.05) is 7.11 Å². The lowest BCUT2D eigenvalue weighted by Crippen LogP contribution is -2.01. The normalized spacial score (nSPS) is 11.1. The first-order valence-electron chi connectivity index (χ1n) is 8.58. The maximum Gasteiger partial charge on any atom is 0.337 e. The number of rotatable bonds is 4. The number of aromatic nitrogens is 1. The zero-order chi connectivity index (χ0) is 19.6. The van der Waals surface area contributed by atoms with E-state index in [9.17, 15) is 4.79 Å². The minimum absolute atomic E-state index is 0.338.